The molecule has 0 aliphatic carbocycles. The minimum absolute atomic E-state index is 0.289. The Labute approximate surface area is 119 Å². The largest absolute Gasteiger partial charge is 0.383 e. The first-order chi connectivity index (χ1) is 9.06. The Morgan fingerprint density at radius 2 is 2.21 bits per heavy atom. The van der Waals surface area contributed by atoms with Crippen molar-refractivity contribution in [2.75, 3.05) is 26.8 Å². The van der Waals surface area contributed by atoms with Crippen LogP contribution in [0.25, 0.3) is 6.08 Å². The van der Waals surface area contributed by atoms with E-state index in [0.29, 0.717) is 29.7 Å². The first kappa shape index (κ1) is 16.2. The van der Waals surface area contributed by atoms with Gasteiger partial charge in [-0.3, -0.25) is 0 Å². The van der Waals surface area contributed by atoms with Crippen LogP contribution in [0.5, 0.6) is 0 Å². The standard InChI is InChI=1S/C15H21ClFNO/c1-11(2)12(10-18-7-8-19-3)9-13-14(16)5-4-6-15(13)17/h4-6,9,11,18H,7-8,10H2,1-3H3. The van der Waals surface area contributed by atoms with Gasteiger partial charge in [0.25, 0.3) is 0 Å². The van der Waals surface area contributed by atoms with Crippen LogP contribution in [0.4, 0.5) is 4.39 Å². The van der Waals surface area contributed by atoms with Crippen LogP contribution < -0.4 is 5.32 Å². The van der Waals surface area contributed by atoms with E-state index in [1.54, 1.807) is 19.2 Å². The number of rotatable bonds is 7. The maximum absolute atomic E-state index is 13.7. The maximum Gasteiger partial charge on any atom is 0.131 e. The van der Waals surface area contributed by atoms with Crippen molar-refractivity contribution in [2.45, 2.75) is 13.8 Å². The van der Waals surface area contributed by atoms with Crippen molar-refractivity contribution in [1.82, 2.24) is 5.32 Å². The second kappa shape index (κ2) is 8.31. The lowest BCUT2D eigenvalue weighted by atomic mass is 10.00. The molecule has 19 heavy (non-hydrogen) atoms. The summed E-state index contributed by atoms with van der Waals surface area (Å²) in [6.07, 6.45) is 1.84. The molecule has 1 rings (SSSR count). The smallest absolute Gasteiger partial charge is 0.131 e. The average molecular weight is 286 g/mol. The molecule has 1 aromatic rings. The highest BCUT2D eigenvalue weighted by Crippen LogP contribution is 2.23. The van der Waals surface area contributed by atoms with Crippen molar-refractivity contribution < 1.29 is 9.13 Å². The van der Waals surface area contributed by atoms with Gasteiger partial charge in [0.15, 0.2) is 0 Å². The van der Waals surface area contributed by atoms with E-state index in [9.17, 15) is 4.39 Å². The van der Waals surface area contributed by atoms with Gasteiger partial charge < -0.3 is 10.1 Å². The number of benzene rings is 1. The van der Waals surface area contributed by atoms with Crippen molar-refractivity contribution in [3.63, 3.8) is 0 Å². The zero-order valence-electron chi connectivity index (χ0n) is 11.7. The Morgan fingerprint density at radius 1 is 1.47 bits per heavy atom. The van der Waals surface area contributed by atoms with Crippen molar-refractivity contribution >= 4 is 17.7 Å². The quantitative estimate of drug-likeness (QED) is 0.770. The molecular weight excluding hydrogens is 265 g/mol. The van der Waals surface area contributed by atoms with E-state index in [0.717, 1.165) is 12.1 Å². The molecule has 0 heterocycles. The molecule has 0 atom stereocenters. The summed E-state index contributed by atoms with van der Waals surface area (Å²) in [6.45, 7) is 6.29. The van der Waals surface area contributed by atoms with E-state index in [2.05, 4.69) is 19.2 Å². The van der Waals surface area contributed by atoms with E-state index in [4.69, 9.17) is 16.3 Å². The summed E-state index contributed by atoms with van der Waals surface area (Å²) in [5, 5.41) is 3.71. The number of hydrogen-bond donors (Lipinski definition) is 1. The lowest BCUT2D eigenvalue weighted by Crippen LogP contribution is -2.23. The van der Waals surface area contributed by atoms with Gasteiger partial charge in [-0.1, -0.05) is 37.1 Å². The number of hydrogen-bond acceptors (Lipinski definition) is 2. The maximum atomic E-state index is 13.7. The summed E-state index contributed by atoms with van der Waals surface area (Å²) in [5.74, 6) is 0.0354. The Kier molecular flexibility index (Phi) is 7.06. The molecule has 0 aliphatic heterocycles. The van der Waals surface area contributed by atoms with Gasteiger partial charge in [-0.2, -0.15) is 0 Å². The molecule has 0 saturated heterocycles. The van der Waals surface area contributed by atoms with E-state index in [1.807, 2.05) is 6.08 Å². The van der Waals surface area contributed by atoms with Gasteiger partial charge in [-0.25, -0.2) is 4.39 Å². The van der Waals surface area contributed by atoms with Crippen LogP contribution >= 0.6 is 11.6 Å². The van der Waals surface area contributed by atoms with Crippen molar-refractivity contribution in [3.05, 3.63) is 40.2 Å². The van der Waals surface area contributed by atoms with Crippen LogP contribution in [-0.2, 0) is 4.74 Å². The third kappa shape index (κ3) is 5.31. The number of ether oxygens (including phenoxy) is 1. The Bertz CT molecular complexity index is 412. The Hall–Kier alpha value is -0.900. The molecular formula is C15H21ClFNO. The molecule has 1 N–H and O–H groups in total. The van der Waals surface area contributed by atoms with Crippen LogP contribution in [0.1, 0.15) is 19.4 Å². The minimum atomic E-state index is -0.289. The summed E-state index contributed by atoms with van der Waals surface area (Å²) in [5.41, 5.74) is 1.57. The highest BCUT2D eigenvalue weighted by Gasteiger charge is 2.08. The monoisotopic (exact) mass is 285 g/mol. The molecule has 2 nitrogen and oxygen atoms in total. The van der Waals surface area contributed by atoms with Gasteiger partial charge in [0.05, 0.1) is 11.6 Å². The molecule has 0 fully saturated rings. The summed E-state index contributed by atoms with van der Waals surface area (Å²) in [7, 11) is 1.67. The molecule has 0 unspecified atom stereocenters. The normalized spacial score (nSPS) is 12.2. The summed E-state index contributed by atoms with van der Waals surface area (Å²) in [4.78, 5) is 0. The van der Waals surface area contributed by atoms with Gasteiger partial charge in [0, 0.05) is 25.8 Å². The fourth-order valence-electron chi connectivity index (χ4n) is 1.66. The SMILES string of the molecule is COCCNCC(=Cc1c(F)cccc1Cl)C(C)C. The minimum Gasteiger partial charge on any atom is -0.383 e. The van der Waals surface area contributed by atoms with Crippen LogP contribution in [0.3, 0.4) is 0 Å². The molecule has 106 valence electrons. The van der Waals surface area contributed by atoms with E-state index in [1.165, 1.54) is 6.07 Å². The van der Waals surface area contributed by atoms with E-state index < -0.39 is 0 Å². The number of methoxy groups -OCH3 is 1. The molecule has 0 radical (unpaired) electrons. The second-order valence-electron chi connectivity index (χ2n) is 4.68. The average Bonchev–Trinajstić information content (AvgIpc) is 2.36. The van der Waals surface area contributed by atoms with Gasteiger partial charge in [-0.15, -0.1) is 0 Å². The highest BCUT2D eigenvalue weighted by molar-refractivity contribution is 6.32. The van der Waals surface area contributed by atoms with E-state index in [-0.39, 0.29) is 5.82 Å². The molecule has 4 heteroatoms. The van der Waals surface area contributed by atoms with Gasteiger partial charge in [0.1, 0.15) is 5.82 Å². The van der Waals surface area contributed by atoms with Gasteiger partial charge in [-0.05, 0) is 24.1 Å². The van der Waals surface area contributed by atoms with Crippen molar-refractivity contribution in [1.29, 1.82) is 0 Å². The van der Waals surface area contributed by atoms with Crippen LogP contribution in [0.2, 0.25) is 5.02 Å². The van der Waals surface area contributed by atoms with Crippen molar-refractivity contribution in [3.8, 4) is 0 Å². The highest BCUT2D eigenvalue weighted by atomic mass is 35.5. The predicted octanol–water partition coefficient (Wildman–Crippen LogP) is 3.75. The number of nitrogens with one attached hydrogen (secondary N) is 1. The van der Waals surface area contributed by atoms with Gasteiger partial charge in [0.2, 0.25) is 0 Å². The molecule has 0 amide bonds. The van der Waals surface area contributed by atoms with Gasteiger partial charge >= 0.3 is 0 Å². The third-order valence-corrected chi connectivity index (χ3v) is 3.21. The third-order valence-electron chi connectivity index (χ3n) is 2.88. The Balaban J connectivity index is 2.83. The lowest BCUT2D eigenvalue weighted by molar-refractivity contribution is 0.200. The van der Waals surface area contributed by atoms with Crippen molar-refractivity contribution in [2.24, 2.45) is 5.92 Å². The predicted molar refractivity (Wildman–Crippen MR) is 79.0 cm³/mol. The topological polar surface area (TPSA) is 21.3 Å². The summed E-state index contributed by atoms with van der Waals surface area (Å²) >= 11 is 6.04. The fraction of sp³-hybridized carbons (Fsp3) is 0.467. The first-order valence-corrected chi connectivity index (χ1v) is 6.78. The van der Waals surface area contributed by atoms with Crippen LogP contribution in [-0.4, -0.2) is 26.8 Å². The summed E-state index contributed by atoms with van der Waals surface area (Å²) < 4.78 is 18.7. The molecule has 0 aromatic heterocycles. The molecule has 0 saturated carbocycles. The second-order valence-corrected chi connectivity index (χ2v) is 5.09. The zero-order chi connectivity index (χ0) is 14.3. The zero-order valence-corrected chi connectivity index (χ0v) is 12.4. The fourth-order valence-corrected chi connectivity index (χ4v) is 1.88. The van der Waals surface area contributed by atoms with E-state index >= 15 is 0 Å². The summed E-state index contributed by atoms with van der Waals surface area (Å²) in [6, 6.07) is 4.74. The molecule has 0 aliphatic rings. The molecule has 0 bridgehead atoms. The van der Waals surface area contributed by atoms with Crippen LogP contribution in [0.15, 0.2) is 23.8 Å². The molecule has 1 aromatic carbocycles. The number of halogens is 2. The molecule has 0 spiro atoms. The van der Waals surface area contributed by atoms with Crippen LogP contribution in [0, 0.1) is 11.7 Å². The lowest BCUT2D eigenvalue weighted by Gasteiger charge is -2.13. The Morgan fingerprint density at radius 3 is 2.79 bits per heavy atom. The first-order valence-electron chi connectivity index (χ1n) is 6.40.